The highest BCUT2D eigenvalue weighted by molar-refractivity contribution is 5.77. The maximum absolute atomic E-state index is 11.8. The Bertz CT molecular complexity index is 377. The van der Waals surface area contributed by atoms with Crippen LogP contribution < -0.4 is 10.1 Å². The molecule has 2 rings (SSSR count). The second-order valence-corrected chi connectivity index (χ2v) is 5.14. The number of para-hydroxylation sites is 1. The van der Waals surface area contributed by atoms with E-state index < -0.39 is 0 Å². The predicted octanol–water partition coefficient (Wildman–Crippen LogP) is 2.76. The molecular formula is C15H21NO2. The summed E-state index contributed by atoms with van der Waals surface area (Å²) >= 11 is 0. The first kappa shape index (κ1) is 12.9. The molecule has 0 heterocycles. The molecule has 2 atom stereocenters. The summed E-state index contributed by atoms with van der Waals surface area (Å²) in [5.41, 5.74) is 0. The second kappa shape index (κ2) is 6.43. The third kappa shape index (κ3) is 4.06. The number of carbonyl (C=O) groups excluding carboxylic acids is 1. The molecule has 1 saturated carbocycles. The topological polar surface area (TPSA) is 38.3 Å². The van der Waals surface area contributed by atoms with E-state index in [1.54, 1.807) is 0 Å². The van der Waals surface area contributed by atoms with Gasteiger partial charge in [-0.3, -0.25) is 4.79 Å². The summed E-state index contributed by atoms with van der Waals surface area (Å²) in [4.78, 5) is 11.8. The molecule has 1 aliphatic rings. The summed E-state index contributed by atoms with van der Waals surface area (Å²) in [6, 6.07) is 9.77. The maximum Gasteiger partial charge on any atom is 0.258 e. The lowest BCUT2D eigenvalue weighted by Gasteiger charge is -2.27. The summed E-state index contributed by atoms with van der Waals surface area (Å²) in [7, 11) is 0. The lowest BCUT2D eigenvalue weighted by molar-refractivity contribution is -0.124. The highest BCUT2D eigenvalue weighted by atomic mass is 16.5. The van der Waals surface area contributed by atoms with Crippen molar-refractivity contribution in [2.75, 3.05) is 6.61 Å². The number of amides is 1. The van der Waals surface area contributed by atoms with Crippen LogP contribution in [0.1, 0.15) is 32.6 Å². The second-order valence-electron chi connectivity index (χ2n) is 5.14. The molecule has 0 saturated heterocycles. The minimum absolute atomic E-state index is 0.0158. The van der Waals surface area contributed by atoms with E-state index in [0.29, 0.717) is 6.04 Å². The molecule has 3 nitrogen and oxygen atoms in total. The van der Waals surface area contributed by atoms with Gasteiger partial charge in [-0.05, 0) is 30.9 Å². The van der Waals surface area contributed by atoms with Gasteiger partial charge >= 0.3 is 0 Å². The van der Waals surface area contributed by atoms with Gasteiger partial charge in [-0.15, -0.1) is 0 Å². The van der Waals surface area contributed by atoms with Crippen LogP contribution >= 0.6 is 0 Å². The van der Waals surface area contributed by atoms with Crippen LogP contribution in [0.5, 0.6) is 5.75 Å². The molecule has 1 aromatic rings. The molecule has 1 aromatic carbocycles. The first-order valence-electron chi connectivity index (χ1n) is 6.71. The molecule has 3 heteroatoms. The lowest BCUT2D eigenvalue weighted by Crippen LogP contribution is -2.40. The number of ether oxygens (including phenoxy) is 1. The zero-order valence-corrected chi connectivity index (χ0v) is 10.9. The standard InChI is InChI=1S/C15H21NO2/c1-12-6-5-7-13(10-12)16-15(17)11-18-14-8-3-2-4-9-14/h2-4,8-9,12-13H,5-7,10-11H2,1H3,(H,16,17). The zero-order valence-electron chi connectivity index (χ0n) is 10.9. The summed E-state index contributed by atoms with van der Waals surface area (Å²) in [5, 5.41) is 3.06. The number of benzene rings is 1. The molecule has 2 unspecified atom stereocenters. The highest BCUT2D eigenvalue weighted by Crippen LogP contribution is 2.23. The van der Waals surface area contributed by atoms with Crippen molar-refractivity contribution in [1.29, 1.82) is 0 Å². The lowest BCUT2D eigenvalue weighted by atomic mass is 9.87. The van der Waals surface area contributed by atoms with Gasteiger partial charge in [0.15, 0.2) is 6.61 Å². The number of nitrogens with one attached hydrogen (secondary N) is 1. The number of rotatable bonds is 4. The monoisotopic (exact) mass is 247 g/mol. The van der Waals surface area contributed by atoms with E-state index in [1.165, 1.54) is 12.8 Å². The molecular weight excluding hydrogens is 226 g/mol. The minimum atomic E-state index is -0.0158. The van der Waals surface area contributed by atoms with Gasteiger partial charge in [0.2, 0.25) is 0 Å². The van der Waals surface area contributed by atoms with Crippen molar-refractivity contribution < 1.29 is 9.53 Å². The van der Waals surface area contributed by atoms with Crippen LogP contribution in [0.3, 0.4) is 0 Å². The summed E-state index contributed by atoms with van der Waals surface area (Å²) in [6.45, 7) is 2.35. The van der Waals surface area contributed by atoms with Crippen LogP contribution in [0, 0.1) is 5.92 Å². The van der Waals surface area contributed by atoms with Gasteiger partial charge in [0.1, 0.15) is 5.75 Å². The maximum atomic E-state index is 11.8. The van der Waals surface area contributed by atoms with Gasteiger partial charge in [-0.25, -0.2) is 0 Å². The quantitative estimate of drug-likeness (QED) is 0.888. The number of carbonyl (C=O) groups is 1. The largest absolute Gasteiger partial charge is 0.484 e. The van der Waals surface area contributed by atoms with E-state index in [0.717, 1.165) is 24.5 Å². The highest BCUT2D eigenvalue weighted by Gasteiger charge is 2.20. The molecule has 1 aliphatic carbocycles. The van der Waals surface area contributed by atoms with E-state index in [1.807, 2.05) is 30.3 Å². The van der Waals surface area contributed by atoms with Crippen molar-refractivity contribution in [2.24, 2.45) is 5.92 Å². The van der Waals surface area contributed by atoms with Crippen molar-refractivity contribution in [3.05, 3.63) is 30.3 Å². The Morgan fingerprint density at radius 3 is 2.83 bits per heavy atom. The Kier molecular flexibility index (Phi) is 4.62. The van der Waals surface area contributed by atoms with Gasteiger partial charge in [0.25, 0.3) is 5.91 Å². The number of hydrogen-bond donors (Lipinski definition) is 1. The van der Waals surface area contributed by atoms with Crippen molar-refractivity contribution >= 4 is 5.91 Å². The van der Waals surface area contributed by atoms with E-state index in [4.69, 9.17) is 4.74 Å². The number of hydrogen-bond acceptors (Lipinski definition) is 2. The third-order valence-electron chi connectivity index (χ3n) is 3.41. The van der Waals surface area contributed by atoms with E-state index in [2.05, 4.69) is 12.2 Å². The van der Waals surface area contributed by atoms with Crippen LogP contribution in [-0.4, -0.2) is 18.6 Å². The molecule has 0 aliphatic heterocycles. The fourth-order valence-electron chi connectivity index (χ4n) is 2.50. The Balaban J connectivity index is 1.72. The molecule has 0 radical (unpaired) electrons. The van der Waals surface area contributed by atoms with E-state index in [-0.39, 0.29) is 12.5 Å². The Hall–Kier alpha value is -1.51. The fraction of sp³-hybridized carbons (Fsp3) is 0.533. The summed E-state index contributed by atoms with van der Waals surface area (Å²) in [5.74, 6) is 1.45. The zero-order chi connectivity index (χ0) is 12.8. The first-order valence-corrected chi connectivity index (χ1v) is 6.71. The molecule has 1 fully saturated rings. The van der Waals surface area contributed by atoms with E-state index in [9.17, 15) is 4.79 Å². The van der Waals surface area contributed by atoms with E-state index >= 15 is 0 Å². The Labute approximate surface area is 109 Å². The fourth-order valence-corrected chi connectivity index (χ4v) is 2.50. The van der Waals surface area contributed by atoms with Crippen molar-refractivity contribution in [1.82, 2.24) is 5.32 Å². The van der Waals surface area contributed by atoms with Gasteiger partial charge in [-0.2, -0.15) is 0 Å². The predicted molar refractivity (Wildman–Crippen MR) is 71.5 cm³/mol. The first-order chi connectivity index (χ1) is 8.74. The normalized spacial score (nSPS) is 23.4. The summed E-state index contributed by atoms with van der Waals surface area (Å²) < 4.78 is 5.42. The van der Waals surface area contributed by atoms with Crippen LogP contribution in [-0.2, 0) is 4.79 Å². The average molecular weight is 247 g/mol. The van der Waals surface area contributed by atoms with Gasteiger partial charge < -0.3 is 10.1 Å². The van der Waals surface area contributed by atoms with Crippen molar-refractivity contribution in [3.8, 4) is 5.75 Å². The Morgan fingerprint density at radius 1 is 1.33 bits per heavy atom. The molecule has 1 amide bonds. The van der Waals surface area contributed by atoms with Crippen LogP contribution in [0.4, 0.5) is 0 Å². The van der Waals surface area contributed by atoms with Gasteiger partial charge in [0, 0.05) is 6.04 Å². The third-order valence-corrected chi connectivity index (χ3v) is 3.41. The molecule has 18 heavy (non-hydrogen) atoms. The average Bonchev–Trinajstić information content (AvgIpc) is 2.38. The Morgan fingerprint density at radius 2 is 2.11 bits per heavy atom. The molecule has 0 spiro atoms. The summed E-state index contributed by atoms with van der Waals surface area (Å²) in [6.07, 6.45) is 4.69. The van der Waals surface area contributed by atoms with Gasteiger partial charge in [0.05, 0.1) is 0 Å². The molecule has 0 aromatic heterocycles. The molecule has 1 N–H and O–H groups in total. The van der Waals surface area contributed by atoms with Crippen molar-refractivity contribution in [3.63, 3.8) is 0 Å². The molecule has 0 bridgehead atoms. The van der Waals surface area contributed by atoms with Crippen LogP contribution in [0.2, 0.25) is 0 Å². The molecule has 98 valence electrons. The van der Waals surface area contributed by atoms with Crippen LogP contribution in [0.25, 0.3) is 0 Å². The van der Waals surface area contributed by atoms with Gasteiger partial charge in [-0.1, -0.05) is 38.0 Å². The smallest absolute Gasteiger partial charge is 0.258 e. The van der Waals surface area contributed by atoms with Crippen molar-refractivity contribution in [2.45, 2.75) is 38.6 Å². The van der Waals surface area contributed by atoms with Crippen LogP contribution in [0.15, 0.2) is 30.3 Å². The SMILES string of the molecule is CC1CCCC(NC(=O)COc2ccccc2)C1. The minimum Gasteiger partial charge on any atom is -0.484 e.